The number of non-ortho nitro benzene ring substituents is 1. The van der Waals surface area contributed by atoms with Crippen LogP contribution in [0.4, 0.5) is 11.4 Å². The van der Waals surface area contributed by atoms with Crippen molar-refractivity contribution >= 4 is 40.9 Å². The van der Waals surface area contributed by atoms with Crippen molar-refractivity contribution in [2.24, 2.45) is 0 Å². The number of nitriles is 1. The molecule has 0 aliphatic heterocycles. The van der Waals surface area contributed by atoms with E-state index >= 15 is 0 Å². The van der Waals surface area contributed by atoms with Crippen LogP contribution in [0, 0.1) is 21.4 Å². The van der Waals surface area contributed by atoms with Gasteiger partial charge in [-0.25, -0.2) is 4.79 Å². The molecule has 0 saturated carbocycles. The molecule has 12 heteroatoms. The van der Waals surface area contributed by atoms with E-state index in [2.05, 4.69) is 5.32 Å². The van der Waals surface area contributed by atoms with Crippen LogP contribution in [0.5, 0.6) is 23.0 Å². The third-order valence-corrected chi connectivity index (χ3v) is 5.45. The zero-order valence-electron chi connectivity index (χ0n) is 21.0. The zero-order chi connectivity index (χ0) is 28.5. The first-order chi connectivity index (χ1) is 18.7. The number of carbonyl (C=O) groups is 2. The van der Waals surface area contributed by atoms with Crippen LogP contribution >= 0.6 is 11.6 Å². The Kier molecular flexibility index (Phi) is 9.45. The molecule has 1 N–H and O–H groups in total. The third-order valence-electron chi connectivity index (χ3n) is 5.17. The van der Waals surface area contributed by atoms with Crippen molar-refractivity contribution in [1.82, 2.24) is 0 Å². The second kappa shape index (κ2) is 12.9. The van der Waals surface area contributed by atoms with Gasteiger partial charge in [-0.3, -0.25) is 14.9 Å². The molecule has 0 aromatic heterocycles. The van der Waals surface area contributed by atoms with E-state index in [-0.39, 0.29) is 51.4 Å². The van der Waals surface area contributed by atoms with Crippen molar-refractivity contribution in [3.63, 3.8) is 0 Å². The molecule has 0 unspecified atom stereocenters. The van der Waals surface area contributed by atoms with Gasteiger partial charge in [0.2, 0.25) is 0 Å². The average Bonchev–Trinajstić information content (AvgIpc) is 2.93. The number of nitro groups is 1. The number of rotatable bonds is 10. The summed E-state index contributed by atoms with van der Waals surface area (Å²) in [6.07, 6.45) is 1.24. The Balaban J connectivity index is 1.91. The number of carbonyl (C=O) groups excluding carboxylic acids is 2. The van der Waals surface area contributed by atoms with Crippen molar-refractivity contribution in [1.29, 1.82) is 5.26 Å². The van der Waals surface area contributed by atoms with Crippen LogP contribution in [0.15, 0.2) is 60.2 Å². The fourth-order valence-corrected chi connectivity index (χ4v) is 3.58. The molecule has 0 saturated heterocycles. The molecule has 0 radical (unpaired) electrons. The predicted molar refractivity (Wildman–Crippen MR) is 142 cm³/mol. The van der Waals surface area contributed by atoms with Crippen LogP contribution in [0.1, 0.15) is 22.8 Å². The second-order valence-corrected chi connectivity index (χ2v) is 8.05. The van der Waals surface area contributed by atoms with Gasteiger partial charge in [0.15, 0.2) is 11.5 Å². The summed E-state index contributed by atoms with van der Waals surface area (Å²) in [7, 11) is 2.83. The van der Waals surface area contributed by atoms with Gasteiger partial charge in [-0.05, 0) is 61.0 Å². The number of ether oxygens (including phenoxy) is 4. The highest BCUT2D eigenvalue weighted by molar-refractivity contribution is 6.32. The summed E-state index contributed by atoms with van der Waals surface area (Å²) in [6.45, 7) is 1.92. The van der Waals surface area contributed by atoms with Crippen LogP contribution in [-0.4, -0.2) is 37.6 Å². The second-order valence-electron chi connectivity index (χ2n) is 7.65. The number of esters is 1. The number of halogens is 1. The molecule has 1 amide bonds. The molecule has 0 heterocycles. The maximum atomic E-state index is 12.8. The highest BCUT2D eigenvalue weighted by Gasteiger charge is 2.20. The fourth-order valence-electron chi connectivity index (χ4n) is 3.32. The summed E-state index contributed by atoms with van der Waals surface area (Å²) in [6, 6.07) is 14.5. The number of hydrogen-bond acceptors (Lipinski definition) is 9. The quantitative estimate of drug-likeness (QED) is 0.0868. The number of amides is 1. The SMILES string of the molecule is CCOc1cc(/C=C(\C#N)C(=O)Nc2cc([N+](=O)[O-])ccc2OC)cc(Cl)c1OC(=O)c1ccc(OC)cc1. The Bertz CT molecular complexity index is 1480. The normalized spacial score (nSPS) is 10.7. The topological polar surface area (TPSA) is 150 Å². The van der Waals surface area contributed by atoms with Gasteiger partial charge >= 0.3 is 5.97 Å². The van der Waals surface area contributed by atoms with E-state index in [0.29, 0.717) is 11.3 Å². The van der Waals surface area contributed by atoms with E-state index in [1.807, 2.05) is 0 Å². The van der Waals surface area contributed by atoms with E-state index in [0.717, 1.165) is 6.07 Å². The van der Waals surface area contributed by atoms with E-state index in [9.17, 15) is 25.0 Å². The Morgan fingerprint density at radius 2 is 1.79 bits per heavy atom. The fraction of sp³-hybridized carbons (Fsp3) is 0.148. The lowest BCUT2D eigenvalue weighted by Gasteiger charge is -2.14. The van der Waals surface area contributed by atoms with Gasteiger partial charge in [-0.2, -0.15) is 5.26 Å². The van der Waals surface area contributed by atoms with Gasteiger partial charge in [0.05, 0.1) is 42.0 Å². The standard InChI is InChI=1S/C27H22ClN3O8/c1-4-38-24-13-16(12-21(28)25(24)39-27(33)17-5-8-20(36-2)9-6-17)11-18(15-29)26(32)30-22-14-19(31(34)35)7-10-23(22)37-3/h5-14H,4H2,1-3H3,(H,30,32)/b18-11+. The molecular formula is C27H22ClN3O8. The largest absolute Gasteiger partial charge is 0.497 e. The van der Waals surface area contributed by atoms with Gasteiger partial charge in [0.25, 0.3) is 11.6 Å². The highest BCUT2D eigenvalue weighted by atomic mass is 35.5. The van der Waals surface area contributed by atoms with Gasteiger partial charge in [0.1, 0.15) is 23.1 Å². The highest BCUT2D eigenvalue weighted by Crippen LogP contribution is 2.38. The first kappa shape index (κ1) is 28.5. The lowest BCUT2D eigenvalue weighted by Crippen LogP contribution is -2.14. The number of anilines is 1. The Morgan fingerprint density at radius 3 is 2.38 bits per heavy atom. The molecule has 0 spiro atoms. The molecule has 200 valence electrons. The molecule has 0 fully saturated rings. The first-order valence-corrected chi connectivity index (χ1v) is 11.7. The maximum Gasteiger partial charge on any atom is 0.343 e. The lowest BCUT2D eigenvalue weighted by atomic mass is 10.1. The lowest BCUT2D eigenvalue weighted by molar-refractivity contribution is -0.384. The number of nitrogens with one attached hydrogen (secondary N) is 1. The number of nitro benzene ring substituents is 1. The average molecular weight is 552 g/mol. The predicted octanol–water partition coefficient (Wildman–Crippen LogP) is 5.43. The molecule has 3 aromatic carbocycles. The van der Waals surface area contributed by atoms with E-state index in [1.165, 1.54) is 56.7 Å². The van der Waals surface area contributed by atoms with Crippen LogP contribution in [0.3, 0.4) is 0 Å². The van der Waals surface area contributed by atoms with E-state index < -0.39 is 16.8 Å². The zero-order valence-corrected chi connectivity index (χ0v) is 21.8. The van der Waals surface area contributed by atoms with Crippen LogP contribution < -0.4 is 24.3 Å². The van der Waals surface area contributed by atoms with Gasteiger partial charge in [-0.1, -0.05) is 11.6 Å². The van der Waals surface area contributed by atoms with Crippen molar-refractivity contribution < 1.29 is 33.5 Å². The summed E-state index contributed by atoms with van der Waals surface area (Å²) in [5.74, 6) is -0.739. The summed E-state index contributed by atoms with van der Waals surface area (Å²) in [5, 5.41) is 23.2. The van der Waals surface area contributed by atoms with Gasteiger partial charge < -0.3 is 24.3 Å². The number of hydrogen-bond donors (Lipinski definition) is 1. The molecule has 0 bridgehead atoms. The van der Waals surface area contributed by atoms with Gasteiger partial charge in [-0.15, -0.1) is 0 Å². The Hall–Kier alpha value is -5.08. The Morgan fingerprint density at radius 1 is 1.08 bits per heavy atom. The molecule has 3 rings (SSSR count). The molecule has 0 aliphatic carbocycles. The molecule has 0 atom stereocenters. The van der Waals surface area contributed by atoms with Crippen molar-refractivity contribution in [2.45, 2.75) is 6.92 Å². The molecular weight excluding hydrogens is 530 g/mol. The smallest absolute Gasteiger partial charge is 0.343 e. The number of benzene rings is 3. The first-order valence-electron chi connectivity index (χ1n) is 11.3. The summed E-state index contributed by atoms with van der Waals surface area (Å²) in [5.41, 5.74) is -0.0676. The summed E-state index contributed by atoms with van der Waals surface area (Å²) < 4.78 is 21.3. The van der Waals surface area contributed by atoms with Crippen molar-refractivity contribution in [3.8, 4) is 29.1 Å². The molecule has 39 heavy (non-hydrogen) atoms. The van der Waals surface area contributed by atoms with Crippen LogP contribution in [-0.2, 0) is 4.79 Å². The third kappa shape index (κ3) is 7.03. The maximum absolute atomic E-state index is 12.8. The van der Waals surface area contributed by atoms with Gasteiger partial charge in [0, 0.05) is 12.1 Å². The van der Waals surface area contributed by atoms with Crippen molar-refractivity contribution in [2.75, 3.05) is 26.1 Å². The van der Waals surface area contributed by atoms with Crippen LogP contribution in [0.25, 0.3) is 6.08 Å². The van der Waals surface area contributed by atoms with Crippen LogP contribution in [0.2, 0.25) is 5.02 Å². The summed E-state index contributed by atoms with van der Waals surface area (Å²) in [4.78, 5) is 36.0. The molecule has 0 aliphatic rings. The van der Waals surface area contributed by atoms with E-state index in [4.69, 9.17) is 30.5 Å². The minimum absolute atomic E-state index is 0.00619. The number of nitrogens with zero attached hydrogens (tertiary/aromatic N) is 2. The number of methoxy groups -OCH3 is 2. The Labute approximate surface area is 228 Å². The minimum Gasteiger partial charge on any atom is -0.497 e. The molecule has 11 nitrogen and oxygen atoms in total. The van der Waals surface area contributed by atoms with Crippen molar-refractivity contribution in [3.05, 3.63) is 86.4 Å². The minimum atomic E-state index is -0.847. The monoisotopic (exact) mass is 551 g/mol. The summed E-state index contributed by atoms with van der Waals surface area (Å²) >= 11 is 6.40. The van der Waals surface area contributed by atoms with E-state index in [1.54, 1.807) is 25.1 Å². The molecule has 3 aromatic rings.